The van der Waals surface area contributed by atoms with Crippen LogP contribution in [0.2, 0.25) is 0 Å². The van der Waals surface area contributed by atoms with Crippen molar-refractivity contribution in [3.63, 3.8) is 0 Å². The van der Waals surface area contributed by atoms with Crippen molar-refractivity contribution in [3.8, 4) is 0 Å². The molecule has 0 N–H and O–H groups in total. The van der Waals surface area contributed by atoms with Crippen LogP contribution in [0.15, 0.2) is 0 Å². The Morgan fingerprint density at radius 3 is 1.20 bits per heavy atom. The molecule has 0 aromatic heterocycles. The molecule has 24 valence electrons. The molecule has 0 aromatic carbocycles. The third-order valence-corrected chi connectivity index (χ3v) is 0. The fourth-order valence-electron chi connectivity index (χ4n) is 0. The molecule has 0 aliphatic rings. The van der Waals surface area contributed by atoms with Gasteiger partial charge in [-0.2, -0.15) is 0 Å². The van der Waals surface area contributed by atoms with E-state index in [0.29, 0.717) is 0 Å². The van der Waals surface area contributed by atoms with Crippen molar-refractivity contribution in [3.05, 3.63) is 0 Å². The first-order valence-electron chi connectivity index (χ1n) is 1.41. The van der Waals surface area contributed by atoms with Crippen LogP contribution in [0.1, 0.15) is 23.1 Å². The molecule has 2 heteroatoms. The maximum absolute atomic E-state index is 2.12. The van der Waals surface area contributed by atoms with Gasteiger partial charge in [-0.3, -0.25) is 0 Å². The van der Waals surface area contributed by atoms with E-state index in [-0.39, 0.29) is 62.0 Å². The molecule has 0 rings (SSSR count). The molecule has 0 aromatic rings. The molecule has 0 aliphatic heterocycles. The van der Waals surface area contributed by atoms with Gasteiger partial charge in [0.1, 0.15) is 0 Å². The molecule has 0 radical (unpaired) electrons. The Morgan fingerprint density at radius 2 is 1.20 bits per heavy atom. The van der Waals surface area contributed by atoms with Crippen LogP contribution in [0.25, 0.3) is 0 Å². The molecule has 0 bridgehead atoms. The van der Waals surface area contributed by atoms with Crippen LogP contribution in [0.4, 0.5) is 0 Å². The van der Waals surface area contributed by atoms with E-state index in [1.165, 1.54) is 6.42 Å². The summed E-state index contributed by atoms with van der Waals surface area (Å²) in [6.07, 6.45) is 1.25. The molecule has 0 amide bonds. The Kier molecular flexibility index (Phi) is 52.5. The quantitative estimate of drug-likeness (QED) is 0.265. The van der Waals surface area contributed by atoms with Crippen molar-refractivity contribution in [2.45, 2.75) is 20.3 Å². The minimum absolute atomic E-state index is 0. The predicted molar refractivity (Wildman–Crippen MR) is 18.2 cm³/mol. The van der Waals surface area contributed by atoms with E-state index in [1.807, 2.05) is 0 Å². The van der Waals surface area contributed by atoms with Crippen molar-refractivity contribution < 1.29 is 62.0 Å². The van der Waals surface area contributed by atoms with Gasteiger partial charge < -0.3 is 2.85 Å². The van der Waals surface area contributed by atoms with Crippen LogP contribution in [-0.4, -0.2) is 0 Å². The topological polar surface area (TPSA) is 0 Å². The molecule has 5 heavy (non-hydrogen) atoms. The molecular formula is C3H10Na2. The summed E-state index contributed by atoms with van der Waals surface area (Å²) in [5.74, 6) is 0. The largest absolute Gasteiger partial charge is 1.00 e. The molecule has 0 nitrogen and oxygen atoms in total. The number of hydrogen-bond acceptors (Lipinski definition) is 0. The van der Waals surface area contributed by atoms with Gasteiger partial charge >= 0.3 is 59.1 Å². The van der Waals surface area contributed by atoms with Crippen molar-refractivity contribution >= 4 is 0 Å². The first-order valence-corrected chi connectivity index (χ1v) is 1.41. The summed E-state index contributed by atoms with van der Waals surface area (Å²) in [5.41, 5.74) is 0. The Bertz CT molecular complexity index is 10.9. The van der Waals surface area contributed by atoms with Crippen LogP contribution in [-0.2, 0) is 0 Å². The van der Waals surface area contributed by atoms with Gasteiger partial charge in [-0.05, 0) is 0 Å². The maximum Gasteiger partial charge on any atom is 1.00 e. The van der Waals surface area contributed by atoms with Gasteiger partial charge in [-0.25, -0.2) is 0 Å². The smallest absolute Gasteiger partial charge is 1.00 e. The maximum atomic E-state index is 2.12. The van der Waals surface area contributed by atoms with Gasteiger partial charge in [-0.15, -0.1) is 0 Å². The molecule has 0 aliphatic carbocycles. The molecular weight excluding hydrogens is 82.0 g/mol. The Labute approximate surface area is 81.3 Å². The molecule has 0 unspecified atom stereocenters. The SMILES string of the molecule is CCC.[H-].[H-].[Na+].[Na+]. The van der Waals surface area contributed by atoms with Crippen LogP contribution in [0.5, 0.6) is 0 Å². The van der Waals surface area contributed by atoms with Crippen molar-refractivity contribution in [1.29, 1.82) is 0 Å². The number of rotatable bonds is 0. The van der Waals surface area contributed by atoms with Crippen LogP contribution in [0, 0.1) is 0 Å². The third-order valence-electron chi connectivity index (χ3n) is 0. The zero-order valence-electron chi connectivity index (χ0n) is 6.71. The molecule has 0 fully saturated rings. The predicted octanol–water partition coefficient (Wildman–Crippen LogP) is -4.35. The van der Waals surface area contributed by atoms with Gasteiger partial charge in [0.15, 0.2) is 0 Å². The first-order chi connectivity index (χ1) is 1.41. The Hall–Kier alpha value is 2.00. The fourth-order valence-corrected chi connectivity index (χ4v) is 0. The second kappa shape index (κ2) is 16.7. The van der Waals surface area contributed by atoms with E-state index >= 15 is 0 Å². The minimum Gasteiger partial charge on any atom is -1.00 e. The van der Waals surface area contributed by atoms with E-state index in [2.05, 4.69) is 13.8 Å². The summed E-state index contributed by atoms with van der Waals surface area (Å²) >= 11 is 0. The zero-order chi connectivity index (χ0) is 2.71. The Balaban J connectivity index is -0.00000000333. The molecule has 0 spiro atoms. The second-order valence-corrected chi connectivity index (χ2v) is 0.707. The Morgan fingerprint density at radius 1 is 1.20 bits per heavy atom. The first kappa shape index (κ1) is 15.8. The van der Waals surface area contributed by atoms with Crippen molar-refractivity contribution in [2.24, 2.45) is 0 Å². The standard InChI is InChI=1S/C3H8.2Na.2H/c1-3-2;;;;/h3H2,1-2H3;;;;/q;2*+1;2*-1. The molecule has 0 atom stereocenters. The summed E-state index contributed by atoms with van der Waals surface area (Å²) in [6, 6.07) is 0. The van der Waals surface area contributed by atoms with Crippen LogP contribution >= 0.6 is 0 Å². The van der Waals surface area contributed by atoms with Gasteiger partial charge in [0.25, 0.3) is 0 Å². The van der Waals surface area contributed by atoms with E-state index in [9.17, 15) is 0 Å². The third kappa shape index (κ3) is 24.0. The number of hydrogen-bond donors (Lipinski definition) is 0. The van der Waals surface area contributed by atoms with Gasteiger partial charge in [0.05, 0.1) is 0 Å². The summed E-state index contributed by atoms with van der Waals surface area (Å²) in [6.45, 7) is 4.25. The van der Waals surface area contributed by atoms with E-state index in [1.54, 1.807) is 0 Å². The molecule has 0 heterocycles. The van der Waals surface area contributed by atoms with Gasteiger partial charge in [0, 0.05) is 0 Å². The average Bonchev–Trinajstić information content (AvgIpc) is 0.918. The normalized spacial score (nSPS) is 3.60. The average molecular weight is 92.1 g/mol. The summed E-state index contributed by atoms with van der Waals surface area (Å²) < 4.78 is 0. The van der Waals surface area contributed by atoms with Crippen molar-refractivity contribution in [2.75, 3.05) is 0 Å². The monoisotopic (exact) mass is 92.1 g/mol. The summed E-state index contributed by atoms with van der Waals surface area (Å²) in [4.78, 5) is 0. The van der Waals surface area contributed by atoms with Crippen LogP contribution < -0.4 is 59.1 Å². The van der Waals surface area contributed by atoms with E-state index < -0.39 is 0 Å². The molecule has 0 saturated heterocycles. The fraction of sp³-hybridized carbons (Fsp3) is 1.00. The summed E-state index contributed by atoms with van der Waals surface area (Å²) in [5, 5.41) is 0. The summed E-state index contributed by atoms with van der Waals surface area (Å²) in [7, 11) is 0. The van der Waals surface area contributed by atoms with Crippen LogP contribution in [0.3, 0.4) is 0 Å². The molecule has 0 saturated carbocycles. The van der Waals surface area contributed by atoms with Gasteiger partial charge in [-0.1, -0.05) is 20.3 Å². The van der Waals surface area contributed by atoms with E-state index in [4.69, 9.17) is 0 Å². The van der Waals surface area contributed by atoms with E-state index in [0.717, 1.165) is 0 Å². The van der Waals surface area contributed by atoms with Gasteiger partial charge in [0.2, 0.25) is 0 Å². The van der Waals surface area contributed by atoms with Crippen molar-refractivity contribution in [1.82, 2.24) is 0 Å². The minimum atomic E-state index is 0. The zero-order valence-corrected chi connectivity index (χ0v) is 8.71. The second-order valence-electron chi connectivity index (χ2n) is 0.707.